The Kier molecular flexibility index (Phi) is 13.1. The summed E-state index contributed by atoms with van der Waals surface area (Å²) in [5.41, 5.74) is 32.8. The molecule has 0 radical (unpaired) electrons. The molecular formula is C98H64N2. The lowest BCUT2D eigenvalue weighted by molar-refractivity contribution is 0.769. The number of hydrogen-bond acceptors (Lipinski definition) is 0. The van der Waals surface area contributed by atoms with Gasteiger partial charge < -0.3 is 9.13 Å². The van der Waals surface area contributed by atoms with Crippen molar-refractivity contribution in [1.82, 2.24) is 9.13 Å². The first-order valence-electron chi connectivity index (χ1n) is 34.8. The van der Waals surface area contributed by atoms with E-state index in [0.29, 0.717) is 0 Å². The second-order valence-electron chi connectivity index (χ2n) is 27.0. The standard InChI is InChI=1S/C98H64N2/c1-7-27-65(28-8-1)71-59-72(66-29-9-2-10-30-66)62-79(61-71)99-91-46-26-22-42-85(91)95-92(99)58-57-88-93(95)83-40-19-23-43-86(83)98(88,77-37-17-6-18-38-77)78-53-51-69(52-54-78)68-47-49-70(50-48-68)74-60-73(67-31-11-3-12-32-67)63-80(64-74)100-90-45-25-21-39-81(90)82-55-56-89-94(96(82)100)84-41-20-24-44-87(84)97(89,75-33-13-4-14-34-75)76-35-15-5-16-36-76/h1-64H. The van der Waals surface area contributed by atoms with Gasteiger partial charge in [-0.05, 0) is 171 Å². The molecule has 1 unspecified atom stereocenters. The Hall–Kier alpha value is -12.9. The van der Waals surface area contributed by atoms with Crippen LogP contribution in [0.1, 0.15) is 44.5 Å². The van der Waals surface area contributed by atoms with Gasteiger partial charge in [-0.2, -0.15) is 0 Å². The number of nitrogens with zero attached hydrogens (tertiary/aromatic N) is 2. The molecule has 0 saturated carbocycles. The molecule has 100 heavy (non-hydrogen) atoms. The zero-order chi connectivity index (χ0) is 65.9. The van der Waals surface area contributed by atoms with Gasteiger partial charge in [-0.1, -0.05) is 334 Å². The minimum absolute atomic E-state index is 0.538. The van der Waals surface area contributed by atoms with Gasteiger partial charge in [0.15, 0.2) is 0 Å². The van der Waals surface area contributed by atoms with Crippen LogP contribution in [0.15, 0.2) is 388 Å². The van der Waals surface area contributed by atoms with Crippen molar-refractivity contribution in [3.8, 4) is 89.3 Å². The average Bonchev–Trinajstić information content (AvgIpc) is 1.52. The number of hydrogen-bond donors (Lipinski definition) is 0. The SMILES string of the molecule is c1ccc(-c2cc(-c3ccccc3)cc(-n3c4ccccc4c4c5c(ccc43)C(c3ccccc3)(c3ccc(-c4ccc(-c6cc(-c7ccccc7)cc(-n7c8ccccc8c8ccc9c(c87)-c7ccccc7C9(c7ccccc7)c7ccccc7)c6)cc4)cc3)c3ccccc3-5)c2)cc1. The highest BCUT2D eigenvalue weighted by Crippen LogP contribution is 2.61. The third-order valence-electron chi connectivity index (χ3n) is 21.8. The van der Waals surface area contributed by atoms with Gasteiger partial charge in [0.05, 0.1) is 32.9 Å². The summed E-state index contributed by atoms with van der Waals surface area (Å²) in [5.74, 6) is 0. The Morgan fingerprint density at radius 1 is 0.190 bits per heavy atom. The summed E-state index contributed by atoms with van der Waals surface area (Å²) in [5, 5.41) is 4.96. The molecule has 2 aliphatic rings. The predicted molar refractivity (Wildman–Crippen MR) is 417 cm³/mol. The van der Waals surface area contributed by atoms with Crippen molar-refractivity contribution >= 4 is 43.6 Å². The van der Waals surface area contributed by atoms with E-state index in [0.717, 1.165) is 39.2 Å². The number of fused-ring (bicyclic) bond motifs is 14. The maximum absolute atomic E-state index is 2.57. The van der Waals surface area contributed by atoms with Gasteiger partial charge in [-0.15, -0.1) is 0 Å². The molecule has 18 aromatic rings. The van der Waals surface area contributed by atoms with Crippen LogP contribution in [0.25, 0.3) is 133 Å². The van der Waals surface area contributed by atoms with Crippen LogP contribution in [0, 0.1) is 0 Å². The molecule has 0 amide bonds. The van der Waals surface area contributed by atoms with Crippen LogP contribution in [0.5, 0.6) is 0 Å². The molecule has 1 atom stereocenters. The van der Waals surface area contributed by atoms with Gasteiger partial charge in [-0.3, -0.25) is 0 Å². The Morgan fingerprint density at radius 2 is 0.530 bits per heavy atom. The Balaban J connectivity index is 0.723. The van der Waals surface area contributed by atoms with E-state index in [1.807, 2.05) is 0 Å². The van der Waals surface area contributed by atoms with Crippen molar-refractivity contribution in [1.29, 1.82) is 0 Å². The highest BCUT2D eigenvalue weighted by Gasteiger charge is 2.49. The molecule has 2 nitrogen and oxygen atoms in total. The van der Waals surface area contributed by atoms with Crippen LogP contribution in [-0.2, 0) is 10.8 Å². The van der Waals surface area contributed by atoms with Gasteiger partial charge in [0.25, 0.3) is 0 Å². The van der Waals surface area contributed by atoms with E-state index in [4.69, 9.17) is 0 Å². The second kappa shape index (κ2) is 22.9. The maximum atomic E-state index is 2.57. The van der Waals surface area contributed by atoms with Gasteiger partial charge in [0, 0.05) is 38.5 Å². The van der Waals surface area contributed by atoms with E-state index in [-0.39, 0.29) is 0 Å². The first kappa shape index (κ1) is 57.4. The molecule has 0 spiro atoms. The lowest BCUT2D eigenvalue weighted by Gasteiger charge is -2.34. The van der Waals surface area contributed by atoms with E-state index in [9.17, 15) is 0 Å². The number of benzene rings is 16. The van der Waals surface area contributed by atoms with Crippen LogP contribution >= 0.6 is 0 Å². The first-order valence-corrected chi connectivity index (χ1v) is 34.8. The van der Waals surface area contributed by atoms with Crippen molar-refractivity contribution in [3.05, 3.63) is 433 Å². The molecule has 16 aromatic carbocycles. The van der Waals surface area contributed by atoms with E-state index < -0.39 is 10.8 Å². The van der Waals surface area contributed by atoms with Crippen LogP contribution in [0.4, 0.5) is 0 Å². The highest BCUT2D eigenvalue weighted by molar-refractivity contribution is 6.19. The quantitative estimate of drug-likeness (QED) is 0.122. The van der Waals surface area contributed by atoms with Crippen molar-refractivity contribution in [2.75, 3.05) is 0 Å². The van der Waals surface area contributed by atoms with Crippen LogP contribution < -0.4 is 0 Å². The first-order chi connectivity index (χ1) is 49.6. The van der Waals surface area contributed by atoms with Gasteiger partial charge in [-0.25, -0.2) is 0 Å². The Morgan fingerprint density at radius 3 is 1.02 bits per heavy atom. The zero-order valence-corrected chi connectivity index (χ0v) is 54.8. The van der Waals surface area contributed by atoms with Crippen molar-refractivity contribution in [3.63, 3.8) is 0 Å². The summed E-state index contributed by atoms with van der Waals surface area (Å²) in [6.45, 7) is 0. The van der Waals surface area contributed by atoms with Crippen LogP contribution in [0.3, 0.4) is 0 Å². The van der Waals surface area contributed by atoms with Gasteiger partial charge >= 0.3 is 0 Å². The molecule has 0 N–H and O–H groups in total. The fraction of sp³-hybridized carbons (Fsp3) is 0.0204. The van der Waals surface area contributed by atoms with E-state index in [1.165, 1.54) is 138 Å². The maximum Gasteiger partial charge on any atom is 0.0714 e. The molecule has 0 saturated heterocycles. The number of rotatable bonds is 11. The largest absolute Gasteiger partial charge is 0.309 e. The van der Waals surface area contributed by atoms with E-state index in [1.54, 1.807) is 0 Å². The minimum Gasteiger partial charge on any atom is -0.309 e. The third-order valence-corrected chi connectivity index (χ3v) is 21.8. The lowest BCUT2D eigenvalue weighted by Crippen LogP contribution is -2.28. The molecule has 0 aliphatic heterocycles. The Labute approximate surface area is 581 Å². The fourth-order valence-corrected chi connectivity index (χ4v) is 17.6. The summed E-state index contributed by atoms with van der Waals surface area (Å²) in [6.07, 6.45) is 0. The molecule has 2 heterocycles. The smallest absolute Gasteiger partial charge is 0.0714 e. The molecule has 20 rings (SSSR count). The Bertz CT molecular complexity index is 6110. The third kappa shape index (κ3) is 8.57. The summed E-state index contributed by atoms with van der Waals surface area (Å²) in [4.78, 5) is 0. The van der Waals surface area contributed by atoms with Crippen molar-refractivity contribution < 1.29 is 0 Å². The minimum atomic E-state index is -0.616. The summed E-state index contributed by atoms with van der Waals surface area (Å²) in [6, 6.07) is 145. The van der Waals surface area contributed by atoms with Crippen molar-refractivity contribution in [2.24, 2.45) is 0 Å². The summed E-state index contributed by atoms with van der Waals surface area (Å²) >= 11 is 0. The summed E-state index contributed by atoms with van der Waals surface area (Å²) in [7, 11) is 0. The molecule has 0 bridgehead atoms. The average molecular weight is 1270 g/mol. The fourth-order valence-electron chi connectivity index (χ4n) is 17.6. The number of aromatic nitrogens is 2. The molecule has 466 valence electrons. The molecule has 0 fully saturated rings. The lowest BCUT2D eigenvalue weighted by atomic mass is 9.67. The van der Waals surface area contributed by atoms with Crippen molar-refractivity contribution in [2.45, 2.75) is 10.8 Å². The van der Waals surface area contributed by atoms with E-state index in [2.05, 4.69) is 397 Å². The van der Waals surface area contributed by atoms with Crippen LogP contribution in [0.2, 0.25) is 0 Å². The van der Waals surface area contributed by atoms with Gasteiger partial charge in [0.1, 0.15) is 0 Å². The number of para-hydroxylation sites is 2. The topological polar surface area (TPSA) is 9.86 Å². The normalized spacial score (nSPS) is 14.1. The van der Waals surface area contributed by atoms with Gasteiger partial charge in [0.2, 0.25) is 0 Å². The van der Waals surface area contributed by atoms with E-state index >= 15 is 0 Å². The highest BCUT2D eigenvalue weighted by atomic mass is 15.0. The van der Waals surface area contributed by atoms with Crippen LogP contribution in [-0.4, -0.2) is 9.13 Å². The zero-order valence-electron chi connectivity index (χ0n) is 54.8. The summed E-state index contributed by atoms with van der Waals surface area (Å²) < 4.78 is 5.07. The molecule has 2 aliphatic carbocycles. The monoisotopic (exact) mass is 1270 g/mol. The molecule has 2 aromatic heterocycles. The molecular weight excluding hydrogens is 1210 g/mol. The molecule has 2 heteroatoms. The predicted octanol–water partition coefficient (Wildman–Crippen LogP) is 24.9. The second-order valence-corrected chi connectivity index (χ2v) is 27.0.